The molecule has 0 aliphatic carbocycles. The number of hydrogen-bond donors (Lipinski definition) is 3. The van der Waals surface area contributed by atoms with Gasteiger partial charge in [-0.1, -0.05) is 42.5 Å². The van der Waals surface area contributed by atoms with Crippen molar-refractivity contribution in [3.63, 3.8) is 0 Å². The lowest BCUT2D eigenvalue weighted by molar-refractivity contribution is 0.0481. The van der Waals surface area contributed by atoms with Crippen LogP contribution in [-0.4, -0.2) is 46.3 Å². The number of aromatic carboxylic acids is 1. The van der Waals surface area contributed by atoms with Crippen molar-refractivity contribution in [1.82, 2.24) is 10.2 Å². The molecule has 1 fully saturated rings. The van der Waals surface area contributed by atoms with Crippen molar-refractivity contribution in [2.75, 3.05) is 19.6 Å². The van der Waals surface area contributed by atoms with Crippen LogP contribution in [0.15, 0.2) is 54.6 Å². The smallest absolute Gasteiger partial charge is 0.335 e. The Morgan fingerprint density at radius 2 is 1.80 bits per heavy atom. The predicted octanol–water partition coefficient (Wildman–Crippen LogP) is 2.11. The largest absolute Gasteiger partial charge is 0.478 e. The first-order valence-electron chi connectivity index (χ1n) is 8.56. The van der Waals surface area contributed by atoms with Gasteiger partial charge in [0.15, 0.2) is 0 Å². The number of likely N-dealkylation sites (tertiary alicyclic amines) is 1. The van der Waals surface area contributed by atoms with Gasteiger partial charge >= 0.3 is 5.97 Å². The normalized spacial score (nSPS) is 20.7. The van der Waals surface area contributed by atoms with Crippen molar-refractivity contribution in [2.24, 2.45) is 0 Å². The minimum atomic E-state index is -0.918. The molecule has 3 N–H and O–H groups in total. The summed E-state index contributed by atoms with van der Waals surface area (Å²) in [6, 6.07) is 17.1. The average Bonchev–Trinajstić information content (AvgIpc) is 2.97. The lowest BCUT2D eigenvalue weighted by Gasteiger charge is -2.24. The molecule has 0 radical (unpaired) electrons. The average molecular weight is 340 g/mol. The zero-order valence-electron chi connectivity index (χ0n) is 14.2. The third kappa shape index (κ3) is 4.89. The standard InChI is InChI=1S/C20H24N2O3/c23-19(24)18-8-6-16(7-9-18)12-21-14-20(25)10-11-22(15-20)13-17-4-2-1-3-5-17/h1-9,21,25H,10-15H2,(H,23,24). The van der Waals surface area contributed by atoms with Crippen LogP contribution in [0.5, 0.6) is 0 Å². The van der Waals surface area contributed by atoms with Gasteiger partial charge in [0.1, 0.15) is 0 Å². The van der Waals surface area contributed by atoms with E-state index in [2.05, 4.69) is 22.3 Å². The fraction of sp³-hybridized carbons (Fsp3) is 0.350. The summed E-state index contributed by atoms with van der Waals surface area (Å²) in [5.74, 6) is -0.918. The highest BCUT2D eigenvalue weighted by atomic mass is 16.4. The molecule has 25 heavy (non-hydrogen) atoms. The number of nitrogens with one attached hydrogen (secondary N) is 1. The maximum absolute atomic E-state index is 10.9. The van der Waals surface area contributed by atoms with E-state index >= 15 is 0 Å². The van der Waals surface area contributed by atoms with Crippen molar-refractivity contribution < 1.29 is 15.0 Å². The maximum atomic E-state index is 10.9. The van der Waals surface area contributed by atoms with Crippen LogP contribution < -0.4 is 5.32 Å². The molecule has 0 bridgehead atoms. The summed E-state index contributed by atoms with van der Waals surface area (Å²) in [5.41, 5.74) is 1.84. The van der Waals surface area contributed by atoms with Crippen LogP contribution in [0.25, 0.3) is 0 Å². The molecule has 0 aromatic heterocycles. The lowest BCUT2D eigenvalue weighted by Crippen LogP contribution is -2.42. The van der Waals surface area contributed by atoms with E-state index in [0.29, 0.717) is 19.6 Å². The molecule has 5 heteroatoms. The second-order valence-electron chi connectivity index (χ2n) is 6.78. The minimum Gasteiger partial charge on any atom is -0.478 e. The van der Waals surface area contributed by atoms with E-state index < -0.39 is 11.6 Å². The molecule has 1 heterocycles. The fourth-order valence-electron chi connectivity index (χ4n) is 3.27. The molecular weight excluding hydrogens is 316 g/mol. The highest BCUT2D eigenvalue weighted by molar-refractivity contribution is 5.87. The number of carbonyl (C=O) groups is 1. The number of aliphatic hydroxyl groups is 1. The van der Waals surface area contributed by atoms with Crippen LogP contribution >= 0.6 is 0 Å². The van der Waals surface area contributed by atoms with Crippen molar-refractivity contribution in [3.8, 4) is 0 Å². The summed E-state index contributed by atoms with van der Waals surface area (Å²) in [7, 11) is 0. The highest BCUT2D eigenvalue weighted by Gasteiger charge is 2.35. The van der Waals surface area contributed by atoms with E-state index in [1.54, 1.807) is 24.3 Å². The van der Waals surface area contributed by atoms with E-state index in [4.69, 9.17) is 5.11 Å². The number of carboxylic acids is 1. The summed E-state index contributed by atoms with van der Waals surface area (Å²) in [6.45, 7) is 3.55. The number of hydrogen-bond acceptors (Lipinski definition) is 4. The van der Waals surface area contributed by atoms with Crippen molar-refractivity contribution in [3.05, 3.63) is 71.3 Å². The molecule has 1 aliphatic rings. The predicted molar refractivity (Wildman–Crippen MR) is 96.4 cm³/mol. The Balaban J connectivity index is 1.45. The zero-order chi connectivity index (χ0) is 17.7. The molecule has 3 rings (SSSR count). The molecule has 132 valence electrons. The first kappa shape index (κ1) is 17.6. The molecule has 0 saturated carbocycles. The van der Waals surface area contributed by atoms with Gasteiger partial charge in [0.2, 0.25) is 0 Å². The molecule has 1 saturated heterocycles. The van der Waals surface area contributed by atoms with Gasteiger partial charge in [-0.15, -0.1) is 0 Å². The topological polar surface area (TPSA) is 72.8 Å². The van der Waals surface area contributed by atoms with Crippen LogP contribution in [0.1, 0.15) is 27.9 Å². The van der Waals surface area contributed by atoms with E-state index in [1.807, 2.05) is 18.2 Å². The van der Waals surface area contributed by atoms with Crippen LogP contribution in [0.3, 0.4) is 0 Å². The van der Waals surface area contributed by atoms with Crippen LogP contribution in [-0.2, 0) is 13.1 Å². The van der Waals surface area contributed by atoms with E-state index in [9.17, 15) is 9.90 Å². The summed E-state index contributed by atoms with van der Waals surface area (Å²) >= 11 is 0. The van der Waals surface area contributed by atoms with Gasteiger partial charge in [-0.25, -0.2) is 4.79 Å². The summed E-state index contributed by atoms with van der Waals surface area (Å²) in [4.78, 5) is 13.1. The Morgan fingerprint density at radius 1 is 1.08 bits per heavy atom. The van der Waals surface area contributed by atoms with Gasteiger partial charge in [0.25, 0.3) is 0 Å². The Bertz CT molecular complexity index is 703. The molecular formula is C20H24N2O3. The molecule has 1 atom stereocenters. The van der Waals surface area contributed by atoms with Gasteiger partial charge in [0, 0.05) is 32.7 Å². The Hall–Kier alpha value is -2.21. The van der Waals surface area contributed by atoms with Crippen LogP contribution in [0.4, 0.5) is 0 Å². The Morgan fingerprint density at radius 3 is 2.48 bits per heavy atom. The van der Waals surface area contributed by atoms with Crippen molar-refractivity contribution in [1.29, 1.82) is 0 Å². The SMILES string of the molecule is O=C(O)c1ccc(CNCC2(O)CCN(Cc3ccccc3)C2)cc1. The van der Waals surface area contributed by atoms with Crippen molar-refractivity contribution >= 4 is 5.97 Å². The molecule has 2 aromatic carbocycles. The van der Waals surface area contributed by atoms with Gasteiger partial charge in [0.05, 0.1) is 11.2 Å². The second-order valence-corrected chi connectivity index (χ2v) is 6.78. The number of nitrogens with zero attached hydrogens (tertiary/aromatic N) is 1. The first-order valence-corrected chi connectivity index (χ1v) is 8.56. The molecule has 2 aromatic rings. The van der Waals surface area contributed by atoms with Crippen LogP contribution in [0, 0.1) is 0 Å². The van der Waals surface area contributed by atoms with Gasteiger partial charge in [-0.05, 0) is 29.7 Å². The Kier molecular flexibility index (Phi) is 5.48. The van der Waals surface area contributed by atoms with Crippen LogP contribution in [0.2, 0.25) is 0 Å². The summed E-state index contributed by atoms with van der Waals surface area (Å²) < 4.78 is 0. The first-order chi connectivity index (χ1) is 12.0. The van der Waals surface area contributed by atoms with Gasteiger partial charge in [-0.2, -0.15) is 0 Å². The number of carboxylic acid groups (broad SMARTS) is 1. The number of rotatable bonds is 7. The maximum Gasteiger partial charge on any atom is 0.335 e. The molecule has 0 spiro atoms. The summed E-state index contributed by atoms with van der Waals surface area (Å²) in [5, 5.41) is 23.0. The molecule has 1 aliphatic heterocycles. The third-order valence-electron chi connectivity index (χ3n) is 4.64. The fourth-order valence-corrected chi connectivity index (χ4v) is 3.27. The van der Waals surface area contributed by atoms with Gasteiger partial charge < -0.3 is 15.5 Å². The summed E-state index contributed by atoms with van der Waals surface area (Å²) in [6.07, 6.45) is 0.755. The van der Waals surface area contributed by atoms with E-state index in [1.165, 1.54) is 5.56 Å². The molecule has 0 amide bonds. The minimum absolute atomic E-state index is 0.287. The lowest BCUT2D eigenvalue weighted by atomic mass is 10.0. The quantitative estimate of drug-likeness (QED) is 0.720. The number of benzene rings is 2. The van der Waals surface area contributed by atoms with E-state index in [-0.39, 0.29) is 5.56 Å². The number of β-amino-alcohol motifs (C(OH)–C–C–N with tert-alkyl or cyclic N) is 1. The molecule has 5 nitrogen and oxygen atoms in total. The molecule has 1 unspecified atom stereocenters. The monoisotopic (exact) mass is 340 g/mol. The third-order valence-corrected chi connectivity index (χ3v) is 4.64. The second kappa shape index (κ2) is 7.78. The zero-order valence-corrected chi connectivity index (χ0v) is 14.2. The van der Waals surface area contributed by atoms with E-state index in [0.717, 1.165) is 25.1 Å². The highest BCUT2D eigenvalue weighted by Crippen LogP contribution is 2.22. The van der Waals surface area contributed by atoms with Crippen molar-refractivity contribution in [2.45, 2.75) is 25.1 Å². The Labute approximate surface area is 147 Å². The van der Waals surface area contributed by atoms with Gasteiger partial charge in [-0.3, -0.25) is 4.90 Å².